The van der Waals surface area contributed by atoms with Gasteiger partial charge in [-0.05, 0) is 64.0 Å². The van der Waals surface area contributed by atoms with E-state index in [1.807, 2.05) is 13.8 Å². The van der Waals surface area contributed by atoms with E-state index >= 15 is 0 Å². The number of unbranched alkanes of at least 4 members (excludes halogenated alkanes) is 2. The predicted octanol–water partition coefficient (Wildman–Crippen LogP) is -1.97. The van der Waals surface area contributed by atoms with E-state index in [0.717, 1.165) is 0 Å². The second kappa shape index (κ2) is 17.6. The normalized spacial score (nSPS) is 14.5. The summed E-state index contributed by atoms with van der Waals surface area (Å²) < 4.78 is 0. The van der Waals surface area contributed by atoms with Crippen LogP contribution in [-0.4, -0.2) is 72.0 Å². The maximum absolute atomic E-state index is 13.1. The second-order valence-corrected chi connectivity index (χ2v) is 9.00. The van der Waals surface area contributed by atoms with Gasteiger partial charge >= 0.3 is 5.97 Å². The number of rotatable bonds is 19. The number of nitrogens with one attached hydrogen (secondary N) is 3. The molecular weight excluding hydrogens is 458 g/mol. The van der Waals surface area contributed by atoms with E-state index < -0.39 is 53.8 Å². The maximum atomic E-state index is 13.1. The molecule has 202 valence electrons. The summed E-state index contributed by atoms with van der Waals surface area (Å²) in [5, 5.41) is 17.1. The van der Waals surface area contributed by atoms with Crippen molar-refractivity contribution in [3.63, 3.8) is 0 Å². The van der Waals surface area contributed by atoms with Crippen molar-refractivity contribution in [2.24, 2.45) is 28.9 Å². The highest BCUT2D eigenvalue weighted by Crippen LogP contribution is 2.09. The Kier molecular flexibility index (Phi) is 16.2. The van der Waals surface area contributed by atoms with E-state index in [1.54, 1.807) is 0 Å². The van der Waals surface area contributed by atoms with Crippen LogP contribution in [0.3, 0.4) is 0 Å². The number of hydrogen-bond donors (Lipinski definition) is 8. The maximum Gasteiger partial charge on any atom is 0.326 e. The second-order valence-electron chi connectivity index (χ2n) is 9.00. The zero-order valence-corrected chi connectivity index (χ0v) is 20.8. The molecule has 0 aromatic carbocycles. The summed E-state index contributed by atoms with van der Waals surface area (Å²) in [7, 11) is 0. The monoisotopic (exact) mass is 501 g/mol. The molecule has 4 atom stereocenters. The van der Waals surface area contributed by atoms with Crippen molar-refractivity contribution in [3.8, 4) is 0 Å². The number of carbonyl (C=O) groups excluding carboxylic acids is 4. The zero-order valence-electron chi connectivity index (χ0n) is 20.8. The van der Waals surface area contributed by atoms with E-state index in [1.165, 1.54) is 0 Å². The standard InChI is InChI=1S/C22H43N7O6/c1-13(2)11-17(22(34)35)29-21(33)16(8-4-6-10-24)28-20(32)15(7-3-5-9-23)27-19(31)14(25)12-18(26)30/h13-17H,3-12,23-25H2,1-2H3,(H2,26,30)(H,27,31)(H,28,32)(H,29,33)(H,34,35). The van der Waals surface area contributed by atoms with Gasteiger partial charge in [-0.15, -0.1) is 0 Å². The van der Waals surface area contributed by atoms with Crippen LogP contribution in [0.15, 0.2) is 0 Å². The van der Waals surface area contributed by atoms with Gasteiger partial charge in [-0.1, -0.05) is 13.8 Å². The highest BCUT2D eigenvalue weighted by molar-refractivity contribution is 5.95. The van der Waals surface area contributed by atoms with Crippen LogP contribution < -0.4 is 38.9 Å². The number of carboxylic acids is 1. The van der Waals surface area contributed by atoms with Crippen LogP contribution in [0.1, 0.15) is 65.2 Å². The van der Waals surface area contributed by atoms with Crippen LogP contribution in [-0.2, 0) is 24.0 Å². The molecule has 0 radical (unpaired) electrons. The molecule has 0 saturated heterocycles. The van der Waals surface area contributed by atoms with Gasteiger partial charge in [0.25, 0.3) is 0 Å². The molecule has 0 rings (SSSR count). The molecule has 0 heterocycles. The van der Waals surface area contributed by atoms with Crippen molar-refractivity contribution in [2.75, 3.05) is 13.1 Å². The molecule has 0 aromatic heterocycles. The van der Waals surface area contributed by atoms with Gasteiger partial charge in [-0.25, -0.2) is 4.79 Å². The van der Waals surface area contributed by atoms with Gasteiger partial charge in [-0.2, -0.15) is 0 Å². The molecule has 0 aromatic rings. The molecule has 12 N–H and O–H groups in total. The molecule has 35 heavy (non-hydrogen) atoms. The summed E-state index contributed by atoms with van der Waals surface area (Å²) in [6, 6.07) is -4.41. The molecule has 4 amide bonds. The molecular formula is C22H43N7O6. The number of aliphatic carboxylic acids is 1. The van der Waals surface area contributed by atoms with Crippen LogP contribution in [0.4, 0.5) is 0 Å². The number of amides is 4. The van der Waals surface area contributed by atoms with Gasteiger partial charge in [-0.3, -0.25) is 19.2 Å². The Morgan fingerprint density at radius 3 is 1.54 bits per heavy atom. The lowest BCUT2D eigenvalue weighted by atomic mass is 10.0. The van der Waals surface area contributed by atoms with E-state index in [0.29, 0.717) is 38.8 Å². The summed E-state index contributed by atoms with van der Waals surface area (Å²) in [4.78, 5) is 61.0. The number of hydrogen-bond acceptors (Lipinski definition) is 8. The van der Waals surface area contributed by atoms with Gasteiger partial charge in [0, 0.05) is 0 Å². The third-order valence-electron chi connectivity index (χ3n) is 5.24. The Labute approximate surface area is 206 Å². The third kappa shape index (κ3) is 14.3. The Morgan fingerprint density at radius 1 is 0.743 bits per heavy atom. The van der Waals surface area contributed by atoms with Crippen LogP contribution in [0.5, 0.6) is 0 Å². The first-order valence-electron chi connectivity index (χ1n) is 12.0. The summed E-state index contributed by atoms with van der Waals surface area (Å²) in [5.41, 5.74) is 21.8. The number of primary amides is 1. The molecule has 0 saturated carbocycles. The third-order valence-corrected chi connectivity index (χ3v) is 5.24. The van der Waals surface area contributed by atoms with Gasteiger partial charge in [0.1, 0.15) is 18.1 Å². The van der Waals surface area contributed by atoms with E-state index in [-0.39, 0.29) is 31.6 Å². The molecule has 0 aliphatic heterocycles. The van der Waals surface area contributed by atoms with E-state index in [9.17, 15) is 29.1 Å². The smallest absolute Gasteiger partial charge is 0.326 e. The lowest BCUT2D eigenvalue weighted by molar-refractivity contribution is -0.142. The molecule has 0 aliphatic rings. The molecule has 13 nitrogen and oxygen atoms in total. The Hall–Kier alpha value is -2.77. The molecule has 0 bridgehead atoms. The lowest BCUT2D eigenvalue weighted by Gasteiger charge is -2.25. The van der Waals surface area contributed by atoms with Crippen LogP contribution in [0.2, 0.25) is 0 Å². The fourth-order valence-electron chi connectivity index (χ4n) is 3.35. The lowest BCUT2D eigenvalue weighted by Crippen LogP contribution is -2.57. The zero-order chi connectivity index (χ0) is 27.0. The molecule has 0 fully saturated rings. The summed E-state index contributed by atoms with van der Waals surface area (Å²) in [5.74, 6) is -3.92. The van der Waals surface area contributed by atoms with Crippen LogP contribution in [0, 0.1) is 5.92 Å². The van der Waals surface area contributed by atoms with E-state index in [4.69, 9.17) is 22.9 Å². The van der Waals surface area contributed by atoms with E-state index in [2.05, 4.69) is 16.0 Å². The van der Waals surface area contributed by atoms with Gasteiger partial charge in [0.2, 0.25) is 23.6 Å². The highest BCUT2D eigenvalue weighted by atomic mass is 16.4. The largest absolute Gasteiger partial charge is 0.480 e. The first-order valence-corrected chi connectivity index (χ1v) is 12.0. The van der Waals surface area contributed by atoms with Crippen LogP contribution in [0.25, 0.3) is 0 Å². The summed E-state index contributed by atoms with van der Waals surface area (Å²) in [6.45, 7) is 4.45. The van der Waals surface area contributed by atoms with Crippen molar-refractivity contribution < 1.29 is 29.1 Å². The predicted molar refractivity (Wildman–Crippen MR) is 130 cm³/mol. The Bertz CT molecular complexity index is 704. The van der Waals surface area contributed by atoms with Gasteiger partial charge < -0.3 is 44.0 Å². The van der Waals surface area contributed by atoms with Crippen molar-refractivity contribution in [1.29, 1.82) is 0 Å². The van der Waals surface area contributed by atoms with Gasteiger partial charge in [0.05, 0.1) is 12.5 Å². The fourth-order valence-corrected chi connectivity index (χ4v) is 3.35. The molecule has 4 unspecified atom stereocenters. The first kappa shape index (κ1) is 32.2. The minimum atomic E-state index is -1.23. The summed E-state index contributed by atoms with van der Waals surface area (Å²) in [6.07, 6.45) is 2.52. The van der Waals surface area contributed by atoms with Crippen molar-refractivity contribution >= 4 is 29.6 Å². The molecule has 13 heteroatoms. The molecule has 0 spiro atoms. The molecule has 0 aliphatic carbocycles. The minimum absolute atomic E-state index is 0.0217. The number of carbonyl (C=O) groups is 5. The van der Waals surface area contributed by atoms with Crippen molar-refractivity contribution in [2.45, 2.75) is 89.4 Å². The Morgan fingerprint density at radius 2 is 1.17 bits per heavy atom. The minimum Gasteiger partial charge on any atom is -0.480 e. The number of nitrogens with two attached hydrogens (primary N) is 4. The highest BCUT2D eigenvalue weighted by Gasteiger charge is 2.30. The summed E-state index contributed by atoms with van der Waals surface area (Å²) >= 11 is 0. The topological polar surface area (TPSA) is 246 Å². The fraction of sp³-hybridized carbons (Fsp3) is 0.773. The average molecular weight is 502 g/mol. The quantitative estimate of drug-likeness (QED) is 0.0913. The van der Waals surface area contributed by atoms with Crippen LogP contribution >= 0.6 is 0 Å². The average Bonchev–Trinajstić information content (AvgIpc) is 2.76. The SMILES string of the molecule is CC(C)CC(NC(=O)C(CCCCN)NC(=O)C(CCCCN)NC(=O)C(N)CC(N)=O)C(=O)O. The number of carboxylic acid groups (broad SMARTS) is 1. The first-order chi connectivity index (χ1) is 16.4. The van der Waals surface area contributed by atoms with Crippen molar-refractivity contribution in [1.82, 2.24) is 16.0 Å². The Balaban J connectivity index is 5.53. The van der Waals surface area contributed by atoms with Crippen molar-refractivity contribution in [3.05, 3.63) is 0 Å². The van der Waals surface area contributed by atoms with Gasteiger partial charge in [0.15, 0.2) is 0 Å².